The Balaban J connectivity index is 1.94. The summed E-state index contributed by atoms with van der Waals surface area (Å²) in [6.07, 6.45) is 0. The van der Waals surface area contributed by atoms with E-state index in [0.717, 1.165) is 15.6 Å². The number of benzene rings is 2. The lowest BCUT2D eigenvalue weighted by Gasteiger charge is -2.10. The van der Waals surface area contributed by atoms with Gasteiger partial charge in [0.15, 0.2) is 0 Å². The fourth-order valence-corrected chi connectivity index (χ4v) is 2.71. The van der Waals surface area contributed by atoms with Crippen molar-refractivity contribution in [2.75, 3.05) is 11.1 Å². The van der Waals surface area contributed by atoms with E-state index in [-0.39, 0.29) is 11.6 Å². The van der Waals surface area contributed by atoms with Crippen LogP contribution in [-0.4, -0.2) is 14.9 Å². The van der Waals surface area contributed by atoms with Crippen LogP contribution >= 0.6 is 15.9 Å². The van der Waals surface area contributed by atoms with Gasteiger partial charge in [0.25, 0.3) is 5.69 Å². The fourth-order valence-electron chi connectivity index (χ4n) is 2.35. The van der Waals surface area contributed by atoms with Crippen LogP contribution in [0.4, 0.5) is 23.1 Å². The third kappa shape index (κ3) is 3.92. The molecule has 0 amide bonds. The molecule has 7 nitrogen and oxygen atoms in total. The summed E-state index contributed by atoms with van der Waals surface area (Å²) in [5, 5.41) is 13.8. The zero-order chi connectivity index (χ0) is 18.0. The smallest absolute Gasteiger partial charge is 0.269 e. The lowest BCUT2D eigenvalue weighted by molar-refractivity contribution is -0.384. The molecule has 1 aromatic heterocycles. The van der Waals surface area contributed by atoms with Crippen LogP contribution in [0.25, 0.3) is 11.3 Å². The number of non-ortho nitro benzene ring substituents is 1. The second-order valence-electron chi connectivity index (χ2n) is 5.38. The van der Waals surface area contributed by atoms with Crippen molar-refractivity contribution in [2.45, 2.75) is 6.92 Å². The summed E-state index contributed by atoms with van der Waals surface area (Å²) < 4.78 is 0.940. The molecule has 126 valence electrons. The number of nitrogens with one attached hydrogen (secondary N) is 1. The summed E-state index contributed by atoms with van der Waals surface area (Å²) in [5.41, 5.74) is 9.22. The van der Waals surface area contributed by atoms with Crippen LogP contribution in [0.15, 0.2) is 53.0 Å². The van der Waals surface area contributed by atoms with Crippen LogP contribution in [-0.2, 0) is 0 Å². The van der Waals surface area contributed by atoms with Crippen molar-refractivity contribution in [3.05, 3.63) is 68.7 Å². The first-order valence-corrected chi connectivity index (χ1v) is 8.14. The van der Waals surface area contributed by atoms with E-state index in [0.29, 0.717) is 17.2 Å². The number of aryl methyl sites for hydroxylation is 1. The van der Waals surface area contributed by atoms with E-state index in [2.05, 4.69) is 31.2 Å². The fraction of sp³-hybridized carbons (Fsp3) is 0.0588. The van der Waals surface area contributed by atoms with Crippen LogP contribution in [0.1, 0.15) is 5.56 Å². The predicted molar refractivity (Wildman–Crippen MR) is 101 cm³/mol. The second-order valence-corrected chi connectivity index (χ2v) is 6.30. The molecule has 0 fully saturated rings. The molecule has 1 heterocycles. The highest BCUT2D eigenvalue weighted by molar-refractivity contribution is 9.10. The summed E-state index contributed by atoms with van der Waals surface area (Å²) >= 11 is 3.46. The number of hydrogen-bond donors (Lipinski definition) is 2. The van der Waals surface area contributed by atoms with Crippen LogP contribution in [0, 0.1) is 17.0 Å². The van der Waals surface area contributed by atoms with Gasteiger partial charge >= 0.3 is 0 Å². The van der Waals surface area contributed by atoms with Crippen molar-refractivity contribution in [1.82, 2.24) is 9.97 Å². The molecular weight excluding hydrogens is 386 g/mol. The minimum Gasteiger partial charge on any atom is -0.368 e. The number of nitrogen functional groups attached to an aromatic ring is 1. The van der Waals surface area contributed by atoms with Gasteiger partial charge in [0.05, 0.1) is 10.6 Å². The van der Waals surface area contributed by atoms with E-state index in [1.807, 2.05) is 25.1 Å². The summed E-state index contributed by atoms with van der Waals surface area (Å²) in [5.74, 6) is 0.650. The lowest BCUT2D eigenvalue weighted by atomic mass is 10.1. The summed E-state index contributed by atoms with van der Waals surface area (Å²) in [6, 6.07) is 13.8. The number of nitrogens with zero attached hydrogens (tertiary/aromatic N) is 3. The molecule has 0 spiro atoms. The summed E-state index contributed by atoms with van der Waals surface area (Å²) in [7, 11) is 0. The number of rotatable bonds is 4. The average molecular weight is 400 g/mol. The zero-order valence-corrected chi connectivity index (χ0v) is 14.8. The zero-order valence-electron chi connectivity index (χ0n) is 13.2. The van der Waals surface area contributed by atoms with Crippen molar-refractivity contribution in [2.24, 2.45) is 0 Å². The Morgan fingerprint density at radius 2 is 1.84 bits per heavy atom. The van der Waals surface area contributed by atoms with E-state index in [4.69, 9.17) is 5.73 Å². The van der Waals surface area contributed by atoms with Gasteiger partial charge in [0.1, 0.15) is 5.82 Å². The van der Waals surface area contributed by atoms with Gasteiger partial charge in [-0.25, -0.2) is 4.98 Å². The lowest BCUT2D eigenvalue weighted by Crippen LogP contribution is -2.02. The summed E-state index contributed by atoms with van der Waals surface area (Å²) in [6.45, 7) is 1.99. The highest BCUT2D eigenvalue weighted by atomic mass is 79.9. The van der Waals surface area contributed by atoms with Crippen molar-refractivity contribution >= 4 is 39.1 Å². The van der Waals surface area contributed by atoms with Crippen LogP contribution < -0.4 is 11.1 Å². The van der Waals surface area contributed by atoms with Crippen LogP contribution in [0.5, 0.6) is 0 Å². The largest absolute Gasteiger partial charge is 0.368 e. The maximum atomic E-state index is 10.7. The molecule has 0 aliphatic heterocycles. The number of hydrogen-bond acceptors (Lipinski definition) is 6. The standard InChI is InChI=1S/C17H14BrN5O2/c1-10-2-3-11(18)8-14(10)15-9-16(22-17(19)21-15)20-12-4-6-13(7-5-12)23(24)25/h2-9H,1H3,(H3,19,20,21,22). The molecule has 0 bridgehead atoms. The number of halogens is 1. The minimum absolute atomic E-state index is 0.0261. The Kier molecular flexibility index (Phi) is 4.62. The van der Waals surface area contributed by atoms with Crippen LogP contribution in [0.3, 0.4) is 0 Å². The Morgan fingerprint density at radius 1 is 1.12 bits per heavy atom. The van der Waals surface area contributed by atoms with E-state index in [9.17, 15) is 10.1 Å². The number of anilines is 3. The maximum absolute atomic E-state index is 10.7. The maximum Gasteiger partial charge on any atom is 0.269 e. The molecule has 0 saturated heterocycles. The topological polar surface area (TPSA) is 107 Å². The third-order valence-electron chi connectivity index (χ3n) is 3.57. The Bertz CT molecular complexity index is 944. The van der Waals surface area contributed by atoms with Gasteiger partial charge in [0.2, 0.25) is 5.95 Å². The molecule has 3 aromatic rings. The number of aromatic nitrogens is 2. The van der Waals surface area contributed by atoms with Gasteiger partial charge in [-0.3, -0.25) is 10.1 Å². The highest BCUT2D eigenvalue weighted by Gasteiger charge is 2.09. The first kappa shape index (κ1) is 16.8. The van der Waals surface area contributed by atoms with Crippen molar-refractivity contribution in [1.29, 1.82) is 0 Å². The van der Waals surface area contributed by atoms with Crippen LogP contribution in [0.2, 0.25) is 0 Å². The third-order valence-corrected chi connectivity index (χ3v) is 4.06. The molecular formula is C17H14BrN5O2. The molecule has 0 saturated carbocycles. The van der Waals surface area contributed by atoms with Gasteiger partial charge in [0, 0.05) is 33.9 Å². The van der Waals surface area contributed by atoms with E-state index in [1.165, 1.54) is 12.1 Å². The molecule has 3 N–H and O–H groups in total. The number of nitrogens with two attached hydrogens (primary N) is 1. The quantitative estimate of drug-likeness (QED) is 0.495. The van der Waals surface area contributed by atoms with Gasteiger partial charge in [-0.2, -0.15) is 4.98 Å². The normalized spacial score (nSPS) is 10.5. The van der Waals surface area contributed by atoms with Gasteiger partial charge < -0.3 is 11.1 Å². The molecule has 8 heteroatoms. The molecule has 0 radical (unpaired) electrons. The second kappa shape index (κ2) is 6.86. The molecule has 0 aliphatic carbocycles. The highest BCUT2D eigenvalue weighted by Crippen LogP contribution is 2.28. The van der Waals surface area contributed by atoms with Crippen molar-refractivity contribution < 1.29 is 4.92 Å². The number of nitro benzene ring substituents is 1. The van der Waals surface area contributed by atoms with Gasteiger partial charge in [-0.05, 0) is 36.8 Å². The van der Waals surface area contributed by atoms with Crippen molar-refractivity contribution in [3.63, 3.8) is 0 Å². The first-order chi connectivity index (χ1) is 11.9. The van der Waals surface area contributed by atoms with Gasteiger partial charge in [-0.1, -0.05) is 22.0 Å². The Morgan fingerprint density at radius 3 is 2.52 bits per heavy atom. The molecule has 2 aromatic carbocycles. The molecule has 0 atom stereocenters. The molecule has 3 rings (SSSR count). The molecule has 25 heavy (non-hydrogen) atoms. The monoisotopic (exact) mass is 399 g/mol. The SMILES string of the molecule is Cc1ccc(Br)cc1-c1cc(Nc2ccc([N+](=O)[O-])cc2)nc(N)n1. The number of nitro groups is 1. The molecule has 0 aliphatic rings. The Labute approximate surface area is 152 Å². The Hall–Kier alpha value is -3.00. The van der Waals surface area contributed by atoms with E-state index < -0.39 is 4.92 Å². The molecule has 0 unspecified atom stereocenters. The average Bonchev–Trinajstić information content (AvgIpc) is 2.57. The van der Waals surface area contributed by atoms with Gasteiger partial charge in [-0.15, -0.1) is 0 Å². The van der Waals surface area contributed by atoms with E-state index in [1.54, 1.807) is 18.2 Å². The van der Waals surface area contributed by atoms with Crippen molar-refractivity contribution in [3.8, 4) is 11.3 Å². The van der Waals surface area contributed by atoms with E-state index >= 15 is 0 Å². The first-order valence-electron chi connectivity index (χ1n) is 7.35. The minimum atomic E-state index is -0.444. The summed E-state index contributed by atoms with van der Waals surface area (Å²) in [4.78, 5) is 18.8. The predicted octanol–water partition coefficient (Wildman–Crippen LogP) is 4.45.